The molecule has 0 fully saturated rings. The van der Waals surface area contributed by atoms with Crippen LogP contribution in [0.1, 0.15) is 74.0 Å². The van der Waals surface area contributed by atoms with Crippen molar-refractivity contribution in [2.24, 2.45) is 0 Å². The zero-order valence-electron chi connectivity index (χ0n) is 16.0. The Morgan fingerprint density at radius 2 is 1.65 bits per heavy atom. The molecule has 5 nitrogen and oxygen atoms in total. The van der Waals surface area contributed by atoms with E-state index in [1.165, 1.54) is 5.69 Å². The van der Waals surface area contributed by atoms with Crippen LogP contribution < -0.4 is 0 Å². The molecular weight excluding hydrogens is 322 g/mol. The van der Waals surface area contributed by atoms with Crippen LogP contribution in [0, 0.1) is 0 Å². The monoisotopic (exact) mass is 349 g/mol. The van der Waals surface area contributed by atoms with Crippen LogP contribution >= 0.6 is 0 Å². The van der Waals surface area contributed by atoms with Crippen LogP contribution in [-0.2, 0) is 12.8 Å². The van der Waals surface area contributed by atoms with E-state index in [0.29, 0.717) is 11.8 Å². The van der Waals surface area contributed by atoms with Gasteiger partial charge in [0.15, 0.2) is 0 Å². The molecule has 5 heteroatoms. The van der Waals surface area contributed by atoms with Crippen LogP contribution in [0.15, 0.2) is 42.7 Å². The zero-order valence-corrected chi connectivity index (χ0v) is 16.0. The summed E-state index contributed by atoms with van der Waals surface area (Å²) in [4.78, 5) is 13.6. The smallest absolute Gasteiger partial charge is 0.131 e. The molecule has 3 heterocycles. The number of rotatable bonds is 7. The van der Waals surface area contributed by atoms with Crippen LogP contribution in [0.3, 0.4) is 0 Å². The van der Waals surface area contributed by atoms with Crippen molar-refractivity contribution >= 4 is 0 Å². The minimum Gasteiger partial charge on any atom is -0.282 e. The molecule has 2 atom stereocenters. The maximum Gasteiger partial charge on any atom is 0.131 e. The molecule has 0 aliphatic carbocycles. The van der Waals surface area contributed by atoms with E-state index in [4.69, 9.17) is 4.98 Å². The summed E-state index contributed by atoms with van der Waals surface area (Å²) >= 11 is 0. The third kappa shape index (κ3) is 4.54. The van der Waals surface area contributed by atoms with Crippen LogP contribution in [0.25, 0.3) is 0 Å². The van der Waals surface area contributed by atoms with Gasteiger partial charge in [0.2, 0.25) is 0 Å². The van der Waals surface area contributed by atoms with Gasteiger partial charge >= 0.3 is 0 Å². The highest BCUT2D eigenvalue weighted by Gasteiger charge is 2.14. The predicted octanol–water partition coefficient (Wildman–Crippen LogP) is 4.41. The first kappa shape index (κ1) is 18.2. The van der Waals surface area contributed by atoms with Gasteiger partial charge in [0, 0.05) is 41.3 Å². The SMILES string of the molecule is CC(C)c1cc(CC(C)c2cccc(CC(C)c3ncccn3)n2)[nH]n1. The van der Waals surface area contributed by atoms with Crippen molar-refractivity contribution in [2.45, 2.75) is 58.3 Å². The van der Waals surface area contributed by atoms with Gasteiger partial charge in [-0.3, -0.25) is 10.1 Å². The molecule has 0 bridgehead atoms. The van der Waals surface area contributed by atoms with Crippen molar-refractivity contribution in [3.05, 3.63) is 71.3 Å². The molecule has 0 aliphatic rings. The molecule has 26 heavy (non-hydrogen) atoms. The quantitative estimate of drug-likeness (QED) is 0.686. The molecule has 3 aromatic rings. The molecule has 0 saturated carbocycles. The van der Waals surface area contributed by atoms with E-state index < -0.39 is 0 Å². The maximum absolute atomic E-state index is 4.89. The van der Waals surface area contributed by atoms with E-state index in [-0.39, 0.29) is 5.92 Å². The second-order valence-corrected chi connectivity index (χ2v) is 7.34. The normalized spacial score (nSPS) is 13.7. The minimum absolute atomic E-state index is 0.246. The first-order valence-corrected chi connectivity index (χ1v) is 9.30. The third-order valence-electron chi connectivity index (χ3n) is 4.64. The summed E-state index contributed by atoms with van der Waals surface area (Å²) in [6, 6.07) is 10.3. The van der Waals surface area contributed by atoms with E-state index >= 15 is 0 Å². The van der Waals surface area contributed by atoms with Gasteiger partial charge in [0.1, 0.15) is 5.82 Å². The molecule has 0 saturated heterocycles. The Bertz CT molecular complexity index is 825. The molecule has 2 unspecified atom stereocenters. The first-order chi connectivity index (χ1) is 12.5. The number of nitrogens with zero attached hydrogens (tertiary/aromatic N) is 4. The second-order valence-electron chi connectivity index (χ2n) is 7.34. The van der Waals surface area contributed by atoms with E-state index in [2.05, 4.69) is 72.1 Å². The topological polar surface area (TPSA) is 67.3 Å². The maximum atomic E-state index is 4.89. The lowest BCUT2D eigenvalue weighted by atomic mass is 9.98. The van der Waals surface area contributed by atoms with E-state index in [9.17, 15) is 0 Å². The highest BCUT2D eigenvalue weighted by atomic mass is 15.1. The van der Waals surface area contributed by atoms with E-state index in [0.717, 1.165) is 35.7 Å². The number of hydrogen-bond donors (Lipinski definition) is 1. The fourth-order valence-corrected chi connectivity index (χ4v) is 3.07. The molecule has 0 radical (unpaired) electrons. The lowest BCUT2D eigenvalue weighted by Crippen LogP contribution is -2.07. The van der Waals surface area contributed by atoms with Crippen LogP contribution in [0.2, 0.25) is 0 Å². The van der Waals surface area contributed by atoms with Crippen molar-refractivity contribution in [3.63, 3.8) is 0 Å². The molecular formula is C21H27N5. The summed E-state index contributed by atoms with van der Waals surface area (Å²) in [5.41, 5.74) is 4.48. The Morgan fingerprint density at radius 1 is 0.885 bits per heavy atom. The molecule has 3 aromatic heterocycles. The molecule has 0 amide bonds. The Hall–Kier alpha value is -2.56. The number of pyridine rings is 1. The summed E-state index contributed by atoms with van der Waals surface area (Å²) in [5.74, 6) is 1.89. The molecule has 1 N–H and O–H groups in total. The molecule has 0 aliphatic heterocycles. The van der Waals surface area contributed by atoms with Crippen LogP contribution in [0.5, 0.6) is 0 Å². The lowest BCUT2D eigenvalue weighted by Gasteiger charge is -2.13. The Labute approximate surface area is 155 Å². The van der Waals surface area contributed by atoms with Gasteiger partial charge in [-0.2, -0.15) is 5.10 Å². The van der Waals surface area contributed by atoms with E-state index in [1.807, 2.05) is 6.07 Å². The largest absolute Gasteiger partial charge is 0.282 e. The highest BCUT2D eigenvalue weighted by Crippen LogP contribution is 2.22. The van der Waals surface area contributed by atoms with Crippen LogP contribution in [-0.4, -0.2) is 25.1 Å². The number of aromatic nitrogens is 5. The third-order valence-corrected chi connectivity index (χ3v) is 4.64. The molecule has 136 valence electrons. The summed E-state index contributed by atoms with van der Waals surface area (Å²) in [6.45, 7) is 8.68. The van der Waals surface area contributed by atoms with Crippen molar-refractivity contribution in [2.75, 3.05) is 0 Å². The zero-order chi connectivity index (χ0) is 18.5. The average Bonchev–Trinajstić information content (AvgIpc) is 3.11. The Morgan fingerprint density at radius 3 is 2.35 bits per heavy atom. The average molecular weight is 349 g/mol. The second kappa shape index (κ2) is 8.21. The van der Waals surface area contributed by atoms with Crippen molar-refractivity contribution in [1.82, 2.24) is 25.1 Å². The molecule has 3 rings (SSSR count). The Kier molecular flexibility index (Phi) is 5.76. The molecule has 0 spiro atoms. The van der Waals surface area contributed by atoms with Crippen molar-refractivity contribution in [3.8, 4) is 0 Å². The first-order valence-electron chi connectivity index (χ1n) is 9.30. The summed E-state index contributed by atoms with van der Waals surface area (Å²) in [5, 5.41) is 7.56. The van der Waals surface area contributed by atoms with Crippen LogP contribution in [0.4, 0.5) is 0 Å². The molecule has 0 aromatic carbocycles. The summed E-state index contributed by atoms with van der Waals surface area (Å²) in [7, 11) is 0. The van der Waals surface area contributed by atoms with Gasteiger partial charge in [-0.25, -0.2) is 9.97 Å². The fraction of sp³-hybridized carbons (Fsp3) is 0.429. The van der Waals surface area contributed by atoms with Gasteiger partial charge in [-0.1, -0.05) is 33.8 Å². The standard InChI is InChI=1S/C21H27N5/c1-14(2)20-13-18(25-26-20)11-15(3)19-8-5-7-17(24-19)12-16(4)21-22-9-6-10-23-21/h5-10,13-16H,11-12H2,1-4H3,(H,25,26). The van der Waals surface area contributed by atoms with Gasteiger partial charge in [0.25, 0.3) is 0 Å². The number of hydrogen-bond acceptors (Lipinski definition) is 4. The van der Waals surface area contributed by atoms with Gasteiger partial charge in [-0.15, -0.1) is 0 Å². The highest BCUT2D eigenvalue weighted by molar-refractivity contribution is 5.19. The Balaban J connectivity index is 1.67. The van der Waals surface area contributed by atoms with Crippen molar-refractivity contribution < 1.29 is 0 Å². The summed E-state index contributed by atoms with van der Waals surface area (Å²) in [6.07, 6.45) is 5.33. The van der Waals surface area contributed by atoms with Gasteiger partial charge in [0.05, 0.1) is 5.69 Å². The predicted molar refractivity (Wildman–Crippen MR) is 103 cm³/mol. The number of H-pyrrole nitrogens is 1. The lowest BCUT2D eigenvalue weighted by molar-refractivity contribution is 0.666. The van der Waals surface area contributed by atoms with E-state index in [1.54, 1.807) is 12.4 Å². The van der Waals surface area contributed by atoms with Crippen molar-refractivity contribution in [1.29, 1.82) is 0 Å². The fourth-order valence-electron chi connectivity index (χ4n) is 3.07. The number of nitrogens with one attached hydrogen (secondary N) is 1. The van der Waals surface area contributed by atoms with Gasteiger partial charge in [-0.05, 0) is 43.0 Å². The number of aromatic amines is 1. The minimum atomic E-state index is 0.246. The van der Waals surface area contributed by atoms with Gasteiger partial charge < -0.3 is 0 Å². The summed E-state index contributed by atoms with van der Waals surface area (Å²) < 4.78 is 0.